The van der Waals surface area contributed by atoms with E-state index in [1.165, 1.54) is 25.7 Å². The summed E-state index contributed by atoms with van der Waals surface area (Å²) in [6.07, 6.45) is 78.6. The fourth-order valence-corrected chi connectivity index (χ4v) is 7.13. The molecular weight excluding hydrogens is 853 g/mol. The highest BCUT2D eigenvalue weighted by atomic mass is 16.6. The van der Waals surface area contributed by atoms with Crippen molar-refractivity contribution in [3.8, 4) is 0 Å². The Bertz CT molecular complexity index is 1510. The molecule has 0 amide bonds. The van der Waals surface area contributed by atoms with Gasteiger partial charge >= 0.3 is 17.9 Å². The van der Waals surface area contributed by atoms with Crippen LogP contribution in [0.2, 0.25) is 0 Å². The van der Waals surface area contributed by atoms with Crippen molar-refractivity contribution in [2.24, 2.45) is 0 Å². The molecule has 1 unspecified atom stereocenters. The summed E-state index contributed by atoms with van der Waals surface area (Å²) in [5.74, 6) is -0.956. The maximum absolute atomic E-state index is 12.9. The molecule has 0 aromatic heterocycles. The molecule has 0 aromatic carbocycles. The Labute approximate surface area is 424 Å². The topological polar surface area (TPSA) is 78.9 Å². The molecule has 0 radical (unpaired) electrons. The van der Waals surface area contributed by atoms with Crippen molar-refractivity contribution >= 4 is 17.9 Å². The van der Waals surface area contributed by atoms with Gasteiger partial charge in [-0.1, -0.05) is 225 Å². The molecule has 0 saturated heterocycles. The minimum Gasteiger partial charge on any atom is -0.462 e. The molecule has 69 heavy (non-hydrogen) atoms. The fraction of sp³-hybridized carbons (Fsp3) is 0.603. The second-order valence-corrected chi connectivity index (χ2v) is 17.8. The number of carbonyl (C=O) groups excluding carboxylic acids is 3. The van der Waals surface area contributed by atoms with Gasteiger partial charge < -0.3 is 14.2 Å². The lowest BCUT2D eigenvalue weighted by Crippen LogP contribution is -2.30. The van der Waals surface area contributed by atoms with Crippen molar-refractivity contribution in [3.63, 3.8) is 0 Å². The number of unbranched alkanes of at least 4 members (excludes halogenated alkanes) is 17. The van der Waals surface area contributed by atoms with Crippen molar-refractivity contribution in [2.45, 2.75) is 232 Å². The predicted molar refractivity (Wildman–Crippen MR) is 297 cm³/mol. The number of ether oxygens (including phenoxy) is 3. The summed E-state index contributed by atoms with van der Waals surface area (Å²) in [5.41, 5.74) is 0. The minimum absolute atomic E-state index is 0.103. The smallest absolute Gasteiger partial charge is 0.306 e. The summed E-state index contributed by atoms with van der Waals surface area (Å²) in [4.78, 5) is 38.1. The standard InChI is InChI=1S/C63H100O6/c1-4-7-10-13-16-19-22-25-27-29-31-33-35-38-41-44-47-50-53-56-62(65)68-59-60(58-67-61(64)55-52-49-46-43-40-37-24-21-18-15-12-9-6-3)69-63(66)57-54-51-48-45-42-39-36-34-32-30-28-26-23-20-17-14-11-8-5-2/h7-12,15-21,24-28,31-34,60H,4-6,13-14,22-23,29-30,35-59H2,1-3H3/b10-7+,11-8+,12-9+,18-15+,19-16+,20-17+,24-21+,27-25+,28-26+,33-31+,34-32+. The van der Waals surface area contributed by atoms with E-state index in [4.69, 9.17) is 14.2 Å². The average molecular weight is 953 g/mol. The first-order valence-electron chi connectivity index (χ1n) is 27.7. The average Bonchev–Trinajstić information content (AvgIpc) is 3.35. The normalized spacial score (nSPS) is 13.1. The van der Waals surface area contributed by atoms with E-state index in [-0.39, 0.29) is 31.1 Å². The van der Waals surface area contributed by atoms with Crippen LogP contribution in [0.3, 0.4) is 0 Å². The van der Waals surface area contributed by atoms with E-state index in [2.05, 4.69) is 154 Å². The second-order valence-electron chi connectivity index (χ2n) is 17.8. The van der Waals surface area contributed by atoms with Crippen LogP contribution in [-0.2, 0) is 28.6 Å². The number of hydrogen-bond donors (Lipinski definition) is 0. The van der Waals surface area contributed by atoms with Gasteiger partial charge in [0, 0.05) is 19.3 Å². The zero-order chi connectivity index (χ0) is 50.0. The Morgan fingerprint density at radius 1 is 0.304 bits per heavy atom. The zero-order valence-corrected chi connectivity index (χ0v) is 44.3. The number of esters is 3. The third kappa shape index (κ3) is 54.4. The Morgan fingerprint density at radius 3 is 0.971 bits per heavy atom. The van der Waals surface area contributed by atoms with Crippen LogP contribution in [0.4, 0.5) is 0 Å². The third-order valence-corrected chi connectivity index (χ3v) is 11.2. The molecule has 0 rings (SSSR count). The highest BCUT2D eigenvalue weighted by Crippen LogP contribution is 2.14. The van der Waals surface area contributed by atoms with Crippen LogP contribution in [-0.4, -0.2) is 37.2 Å². The van der Waals surface area contributed by atoms with Crippen LogP contribution >= 0.6 is 0 Å². The van der Waals surface area contributed by atoms with Crippen LogP contribution in [0.5, 0.6) is 0 Å². The van der Waals surface area contributed by atoms with Gasteiger partial charge in [-0.2, -0.15) is 0 Å². The van der Waals surface area contributed by atoms with E-state index in [9.17, 15) is 14.4 Å². The molecule has 6 nitrogen and oxygen atoms in total. The van der Waals surface area contributed by atoms with E-state index in [1.807, 2.05) is 0 Å². The Morgan fingerprint density at radius 2 is 0.594 bits per heavy atom. The molecule has 0 heterocycles. The number of rotatable bonds is 48. The van der Waals surface area contributed by atoms with Crippen LogP contribution in [0.1, 0.15) is 226 Å². The van der Waals surface area contributed by atoms with Crippen molar-refractivity contribution in [1.82, 2.24) is 0 Å². The van der Waals surface area contributed by atoms with E-state index >= 15 is 0 Å². The maximum atomic E-state index is 12.9. The summed E-state index contributed by atoms with van der Waals surface area (Å²) >= 11 is 0. The molecule has 0 bridgehead atoms. The molecule has 388 valence electrons. The highest BCUT2D eigenvalue weighted by Gasteiger charge is 2.19. The lowest BCUT2D eigenvalue weighted by molar-refractivity contribution is -0.167. The number of hydrogen-bond acceptors (Lipinski definition) is 6. The molecule has 0 aliphatic rings. The molecule has 0 aliphatic carbocycles. The Balaban J connectivity index is 4.47. The van der Waals surface area contributed by atoms with Gasteiger partial charge in [-0.25, -0.2) is 0 Å². The van der Waals surface area contributed by atoms with Crippen molar-refractivity contribution in [2.75, 3.05) is 13.2 Å². The van der Waals surface area contributed by atoms with Crippen molar-refractivity contribution < 1.29 is 28.6 Å². The van der Waals surface area contributed by atoms with Gasteiger partial charge in [0.1, 0.15) is 13.2 Å². The van der Waals surface area contributed by atoms with Crippen LogP contribution < -0.4 is 0 Å². The first kappa shape index (κ1) is 64.5. The van der Waals surface area contributed by atoms with Crippen molar-refractivity contribution in [3.05, 3.63) is 134 Å². The second kappa shape index (κ2) is 56.1. The lowest BCUT2D eigenvalue weighted by atomic mass is 10.1. The quantitative estimate of drug-likeness (QED) is 0.0199. The minimum atomic E-state index is -0.806. The largest absolute Gasteiger partial charge is 0.462 e. The van der Waals surface area contributed by atoms with Gasteiger partial charge in [0.05, 0.1) is 0 Å². The summed E-state index contributed by atoms with van der Waals surface area (Å²) < 4.78 is 16.8. The first-order valence-corrected chi connectivity index (χ1v) is 27.7. The lowest BCUT2D eigenvalue weighted by Gasteiger charge is -2.18. The molecule has 0 aliphatic heterocycles. The Hall–Kier alpha value is -4.45. The number of carbonyl (C=O) groups is 3. The van der Waals surface area contributed by atoms with Crippen LogP contribution in [0, 0.1) is 0 Å². The summed E-state index contributed by atoms with van der Waals surface area (Å²) in [5, 5.41) is 0. The molecule has 0 saturated carbocycles. The zero-order valence-electron chi connectivity index (χ0n) is 44.3. The van der Waals surface area contributed by atoms with Crippen molar-refractivity contribution in [1.29, 1.82) is 0 Å². The van der Waals surface area contributed by atoms with Gasteiger partial charge in [-0.05, 0) is 116 Å². The molecule has 0 N–H and O–H groups in total. The molecule has 0 spiro atoms. The number of allylic oxidation sites excluding steroid dienone is 22. The molecule has 6 heteroatoms. The summed E-state index contributed by atoms with van der Waals surface area (Å²) in [6, 6.07) is 0. The third-order valence-electron chi connectivity index (χ3n) is 11.2. The molecule has 0 fully saturated rings. The van der Waals surface area contributed by atoms with Gasteiger partial charge in [0.25, 0.3) is 0 Å². The van der Waals surface area contributed by atoms with Crippen LogP contribution in [0.25, 0.3) is 0 Å². The van der Waals surface area contributed by atoms with Gasteiger partial charge in [0.2, 0.25) is 0 Å². The predicted octanol–water partition coefficient (Wildman–Crippen LogP) is 18.6. The van der Waals surface area contributed by atoms with Crippen LogP contribution in [0.15, 0.2) is 134 Å². The first-order chi connectivity index (χ1) is 34.0. The van der Waals surface area contributed by atoms with E-state index < -0.39 is 6.10 Å². The molecular formula is C63H100O6. The van der Waals surface area contributed by atoms with E-state index in [0.717, 1.165) is 161 Å². The van der Waals surface area contributed by atoms with Gasteiger partial charge in [-0.3, -0.25) is 14.4 Å². The fourth-order valence-electron chi connectivity index (χ4n) is 7.13. The molecule has 1 atom stereocenters. The molecule has 0 aromatic rings. The highest BCUT2D eigenvalue weighted by molar-refractivity contribution is 5.71. The van der Waals surface area contributed by atoms with E-state index in [0.29, 0.717) is 19.3 Å². The summed E-state index contributed by atoms with van der Waals surface area (Å²) in [7, 11) is 0. The summed E-state index contributed by atoms with van der Waals surface area (Å²) in [6.45, 7) is 6.23. The Kier molecular flexibility index (Phi) is 52.5. The van der Waals surface area contributed by atoms with Gasteiger partial charge in [-0.15, -0.1) is 0 Å². The SMILES string of the molecule is CC/C=C/C=C/C=C/CCCCCCCC(=O)OCC(COC(=O)CCCCCCCC/C=C/C/C=C/C/C=C/C/C=C/CC)OC(=O)CCCCCCCC/C=C/C/C=C/C/C=C/C/C=C/CC. The monoisotopic (exact) mass is 953 g/mol. The maximum Gasteiger partial charge on any atom is 0.306 e. The van der Waals surface area contributed by atoms with E-state index in [1.54, 1.807) is 0 Å². The van der Waals surface area contributed by atoms with Gasteiger partial charge in [0.15, 0.2) is 6.10 Å².